The molecule has 0 bridgehead atoms. The standard InChI is InChI=1S/C20H32N4/c1-4-21-20(22-17-10-12-24(13-11-17)15(2)3)23-19-14-18(19)16-8-6-5-7-9-16/h5-9,15,17-19H,4,10-14H2,1-3H3,(H2,21,22,23). The van der Waals surface area contributed by atoms with Gasteiger partial charge in [0.25, 0.3) is 0 Å². The number of benzene rings is 1. The first-order valence-corrected chi connectivity index (χ1v) is 9.54. The Kier molecular flexibility index (Phi) is 5.77. The van der Waals surface area contributed by atoms with Crippen LogP contribution in [0.5, 0.6) is 0 Å². The van der Waals surface area contributed by atoms with Crippen molar-refractivity contribution in [2.24, 2.45) is 4.99 Å². The molecule has 4 nitrogen and oxygen atoms in total. The minimum Gasteiger partial charge on any atom is -0.354 e. The smallest absolute Gasteiger partial charge is 0.191 e. The van der Waals surface area contributed by atoms with Crippen LogP contribution in [0.1, 0.15) is 51.5 Å². The molecule has 4 heteroatoms. The Morgan fingerprint density at radius 2 is 1.88 bits per heavy atom. The van der Waals surface area contributed by atoms with Crippen LogP contribution in [0.2, 0.25) is 0 Å². The van der Waals surface area contributed by atoms with E-state index < -0.39 is 0 Å². The van der Waals surface area contributed by atoms with E-state index in [2.05, 4.69) is 71.6 Å². The molecule has 1 aromatic carbocycles. The van der Waals surface area contributed by atoms with Crippen LogP contribution in [0.15, 0.2) is 35.3 Å². The van der Waals surface area contributed by atoms with Gasteiger partial charge >= 0.3 is 0 Å². The third-order valence-corrected chi connectivity index (χ3v) is 5.26. The molecular weight excluding hydrogens is 296 g/mol. The zero-order valence-electron chi connectivity index (χ0n) is 15.3. The normalized spacial score (nSPS) is 25.8. The minimum absolute atomic E-state index is 0.529. The number of rotatable bonds is 5. The Balaban J connectivity index is 1.49. The molecule has 0 amide bonds. The highest BCUT2D eigenvalue weighted by molar-refractivity contribution is 5.81. The Bertz CT molecular complexity index is 532. The van der Waals surface area contributed by atoms with Gasteiger partial charge in [0.15, 0.2) is 5.96 Å². The molecule has 1 aliphatic heterocycles. The Hall–Kier alpha value is -1.55. The third kappa shape index (κ3) is 4.50. The summed E-state index contributed by atoms with van der Waals surface area (Å²) in [4.78, 5) is 7.23. The summed E-state index contributed by atoms with van der Waals surface area (Å²) >= 11 is 0. The minimum atomic E-state index is 0.529. The van der Waals surface area contributed by atoms with Crippen LogP contribution in [-0.4, -0.2) is 48.6 Å². The van der Waals surface area contributed by atoms with Crippen LogP contribution in [0.4, 0.5) is 0 Å². The van der Waals surface area contributed by atoms with Crippen LogP contribution < -0.4 is 10.6 Å². The third-order valence-electron chi connectivity index (χ3n) is 5.26. The Labute approximate surface area is 146 Å². The number of aliphatic imine (C=N–C) groups is 1. The van der Waals surface area contributed by atoms with Gasteiger partial charge in [0, 0.05) is 43.7 Å². The fourth-order valence-electron chi connectivity index (χ4n) is 3.64. The maximum atomic E-state index is 4.66. The number of hydrogen-bond donors (Lipinski definition) is 2. The highest BCUT2D eigenvalue weighted by Gasteiger charge is 2.39. The molecule has 132 valence electrons. The molecule has 1 aromatic rings. The van der Waals surface area contributed by atoms with E-state index >= 15 is 0 Å². The second-order valence-electron chi connectivity index (χ2n) is 7.37. The number of nitrogens with one attached hydrogen (secondary N) is 2. The molecule has 3 rings (SSSR count). The van der Waals surface area contributed by atoms with Crippen LogP contribution in [0, 0.1) is 0 Å². The van der Waals surface area contributed by atoms with Crippen molar-refractivity contribution >= 4 is 5.96 Å². The monoisotopic (exact) mass is 328 g/mol. The van der Waals surface area contributed by atoms with Crippen LogP contribution in [0.25, 0.3) is 0 Å². The molecule has 0 aromatic heterocycles. The van der Waals surface area contributed by atoms with Gasteiger partial charge in [-0.1, -0.05) is 30.3 Å². The molecule has 1 saturated heterocycles. The van der Waals surface area contributed by atoms with E-state index in [1.807, 2.05) is 0 Å². The topological polar surface area (TPSA) is 39.7 Å². The Morgan fingerprint density at radius 3 is 2.50 bits per heavy atom. The van der Waals surface area contributed by atoms with Crippen LogP contribution >= 0.6 is 0 Å². The summed E-state index contributed by atoms with van der Waals surface area (Å²) in [7, 11) is 0. The molecule has 0 spiro atoms. The van der Waals surface area contributed by atoms with E-state index in [0.29, 0.717) is 24.0 Å². The van der Waals surface area contributed by atoms with Gasteiger partial charge in [-0.15, -0.1) is 0 Å². The average molecular weight is 329 g/mol. The van der Waals surface area contributed by atoms with Crippen molar-refractivity contribution in [2.75, 3.05) is 19.6 Å². The van der Waals surface area contributed by atoms with Crippen molar-refractivity contribution in [3.8, 4) is 0 Å². The van der Waals surface area contributed by atoms with E-state index in [-0.39, 0.29) is 0 Å². The number of nitrogens with zero attached hydrogens (tertiary/aromatic N) is 2. The lowest BCUT2D eigenvalue weighted by atomic mass is 10.0. The first-order valence-electron chi connectivity index (χ1n) is 9.54. The first-order chi connectivity index (χ1) is 11.7. The van der Waals surface area contributed by atoms with Crippen LogP contribution in [-0.2, 0) is 0 Å². The van der Waals surface area contributed by atoms with Gasteiger partial charge in [-0.3, -0.25) is 4.99 Å². The second-order valence-corrected chi connectivity index (χ2v) is 7.37. The fourth-order valence-corrected chi connectivity index (χ4v) is 3.64. The van der Waals surface area contributed by atoms with Crippen molar-refractivity contribution < 1.29 is 0 Å². The Morgan fingerprint density at radius 1 is 1.17 bits per heavy atom. The van der Waals surface area contributed by atoms with E-state index in [4.69, 9.17) is 0 Å². The summed E-state index contributed by atoms with van der Waals surface area (Å²) in [5.41, 5.74) is 1.44. The lowest BCUT2D eigenvalue weighted by Gasteiger charge is -2.35. The van der Waals surface area contributed by atoms with E-state index in [0.717, 1.165) is 12.5 Å². The lowest BCUT2D eigenvalue weighted by Crippen LogP contribution is -2.50. The zero-order valence-corrected chi connectivity index (χ0v) is 15.3. The lowest BCUT2D eigenvalue weighted by molar-refractivity contribution is 0.167. The molecule has 0 radical (unpaired) electrons. The summed E-state index contributed by atoms with van der Waals surface area (Å²) in [5, 5.41) is 7.32. The molecule has 2 fully saturated rings. The molecule has 1 aliphatic carbocycles. The first kappa shape index (κ1) is 17.3. The SMILES string of the molecule is CCN=C(NC1CCN(C(C)C)CC1)NC1CC1c1ccccc1. The number of piperidine rings is 1. The van der Waals surface area contributed by atoms with Crippen LogP contribution in [0.3, 0.4) is 0 Å². The summed E-state index contributed by atoms with van der Waals surface area (Å²) in [6, 6.07) is 12.6. The molecule has 2 atom stereocenters. The van der Waals surface area contributed by atoms with E-state index in [9.17, 15) is 0 Å². The summed E-state index contributed by atoms with van der Waals surface area (Å²) in [6.45, 7) is 9.87. The molecular formula is C20H32N4. The highest BCUT2D eigenvalue weighted by Crippen LogP contribution is 2.40. The summed E-state index contributed by atoms with van der Waals surface area (Å²) in [5.74, 6) is 1.64. The molecule has 1 heterocycles. The maximum absolute atomic E-state index is 4.66. The van der Waals surface area contributed by atoms with Crippen molar-refractivity contribution in [1.29, 1.82) is 0 Å². The van der Waals surface area contributed by atoms with E-state index in [1.54, 1.807) is 0 Å². The van der Waals surface area contributed by atoms with Gasteiger partial charge in [-0.05, 0) is 45.6 Å². The molecule has 2 unspecified atom stereocenters. The van der Waals surface area contributed by atoms with Crippen molar-refractivity contribution in [3.05, 3.63) is 35.9 Å². The highest BCUT2D eigenvalue weighted by atomic mass is 15.2. The summed E-state index contributed by atoms with van der Waals surface area (Å²) < 4.78 is 0. The predicted octanol–water partition coefficient (Wildman–Crippen LogP) is 2.97. The molecule has 24 heavy (non-hydrogen) atoms. The maximum Gasteiger partial charge on any atom is 0.191 e. The second kappa shape index (κ2) is 8.02. The van der Waals surface area contributed by atoms with E-state index in [1.165, 1.54) is 37.9 Å². The predicted molar refractivity (Wildman–Crippen MR) is 102 cm³/mol. The van der Waals surface area contributed by atoms with Gasteiger partial charge < -0.3 is 15.5 Å². The van der Waals surface area contributed by atoms with Gasteiger partial charge in [-0.25, -0.2) is 0 Å². The van der Waals surface area contributed by atoms with Gasteiger partial charge in [-0.2, -0.15) is 0 Å². The van der Waals surface area contributed by atoms with Crippen molar-refractivity contribution in [1.82, 2.24) is 15.5 Å². The van der Waals surface area contributed by atoms with Gasteiger partial charge in [0.05, 0.1) is 0 Å². The number of guanidine groups is 1. The van der Waals surface area contributed by atoms with Gasteiger partial charge in [0.1, 0.15) is 0 Å². The van der Waals surface area contributed by atoms with Crippen molar-refractivity contribution in [2.45, 2.75) is 64.1 Å². The molecule has 2 N–H and O–H groups in total. The molecule has 1 saturated carbocycles. The quantitative estimate of drug-likeness (QED) is 0.645. The van der Waals surface area contributed by atoms with Crippen molar-refractivity contribution in [3.63, 3.8) is 0 Å². The largest absolute Gasteiger partial charge is 0.354 e. The zero-order chi connectivity index (χ0) is 16.9. The molecule has 2 aliphatic rings. The number of likely N-dealkylation sites (tertiary alicyclic amines) is 1. The number of hydrogen-bond acceptors (Lipinski definition) is 2. The summed E-state index contributed by atoms with van der Waals surface area (Å²) in [6.07, 6.45) is 3.62. The average Bonchev–Trinajstić information content (AvgIpc) is 3.35. The fraction of sp³-hybridized carbons (Fsp3) is 0.650. The van der Waals surface area contributed by atoms with Gasteiger partial charge in [0.2, 0.25) is 0 Å².